The van der Waals surface area contributed by atoms with Crippen LogP contribution < -0.4 is 15.8 Å². The number of anilines is 1. The van der Waals surface area contributed by atoms with Crippen molar-refractivity contribution in [2.24, 2.45) is 0 Å². The van der Waals surface area contributed by atoms with E-state index in [1.807, 2.05) is 0 Å². The Morgan fingerprint density at radius 3 is 2.59 bits per heavy atom. The first kappa shape index (κ1) is 16.1. The third-order valence-corrected chi connectivity index (χ3v) is 3.82. The highest BCUT2D eigenvalue weighted by atomic mass is 31.0. The summed E-state index contributed by atoms with van der Waals surface area (Å²) in [6, 6.07) is 3.25. The van der Waals surface area contributed by atoms with Crippen LogP contribution in [0, 0.1) is 12.7 Å². The zero-order valence-corrected chi connectivity index (χ0v) is 13.5. The number of ether oxygens (including phenoxy) is 2. The van der Waals surface area contributed by atoms with Crippen LogP contribution in [0.15, 0.2) is 12.1 Å². The molecule has 2 aromatic rings. The zero-order valence-electron chi connectivity index (χ0n) is 12.3. The molecular weight excluding hydrogens is 308 g/mol. The predicted octanol–water partition coefficient (Wildman–Crippen LogP) is 1.47. The lowest BCUT2D eigenvalue weighted by Gasteiger charge is -2.12. The molecule has 6 nitrogen and oxygen atoms in total. The lowest BCUT2D eigenvalue weighted by atomic mass is 10.1. The lowest BCUT2D eigenvalue weighted by Crippen LogP contribution is -2.13. The van der Waals surface area contributed by atoms with Gasteiger partial charge in [-0.3, -0.25) is 0 Å². The Morgan fingerprint density at radius 1 is 1.32 bits per heavy atom. The van der Waals surface area contributed by atoms with Gasteiger partial charge >= 0.3 is 5.97 Å². The second-order valence-electron chi connectivity index (χ2n) is 4.46. The van der Waals surface area contributed by atoms with E-state index < -0.39 is 11.8 Å². The molecule has 0 aliphatic heterocycles. The molecule has 0 fully saturated rings. The van der Waals surface area contributed by atoms with Crippen LogP contribution in [0.1, 0.15) is 16.1 Å². The first-order chi connectivity index (χ1) is 10.4. The number of nitrogen functional groups attached to an aromatic ring is 1. The third-order valence-electron chi connectivity index (χ3n) is 3.11. The van der Waals surface area contributed by atoms with E-state index in [4.69, 9.17) is 10.5 Å². The SMILES string of the molecule is COC(=O)c1nc(-c2ccc(C)c(P)c2F)nc(N)c1OC. The maximum Gasteiger partial charge on any atom is 0.360 e. The number of carbonyl (C=O) groups is 1. The van der Waals surface area contributed by atoms with Gasteiger partial charge in [-0.05, 0) is 18.6 Å². The summed E-state index contributed by atoms with van der Waals surface area (Å²) in [7, 11) is 4.85. The number of aryl methyl sites for hydroxylation is 1. The van der Waals surface area contributed by atoms with Crippen molar-refractivity contribution in [3.8, 4) is 17.1 Å². The van der Waals surface area contributed by atoms with Crippen molar-refractivity contribution in [1.29, 1.82) is 0 Å². The second kappa shape index (κ2) is 6.23. The molecule has 0 bridgehead atoms. The number of hydrogen-bond donors (Lipinski definition) is 1. The minimum Gasteiger partial charge on any atom is -0.491 e. The number of hydrogen-bond acceptors (Lipinski definition) is 6. The summed E-state index contributed by atoms with van der Waals surface area (Å²) in [4.78, 5) is 19.8. The van der Waals surface area contributed by atoms with Crippen LogP contribution in [0.4, 0.5) is 10.2 Å². The first-order valence-corrected chi connectivity index (χ1v) is 6.83. The lowest BCUT2D eigenvalue weighted by molar-refractivity contribution is 0.0590. The first-order valence-electron chi connectivity index (χ1n) is 6.25. The predicted molar refractivity (Wildman–Crippen MR) is 83.8 cm³/mol. The monoisotopic (exact) mass is 323 g/mol. The van der Waals surface area contributed by atoms with E-state index in [-0.39, 0.29) is 28.6 Å². The molecule has 2 N–H and O–H groups in total. The van der Waals surface area contributed by atoms with E-state index in [9.17, 15) is 9.18 Å². The van der Waals surface area contributed by atoms with Crippen LogP contribution in [0.3, 0.4) is 0 Å². The zero-order chi connectivity index (χ0) is 16.4. The van der Waals surface area contributed by atoms with Crippen molar-refractivity contribution in [2.45, 2.75) is 6.92 Å². The van der Waals surface area contributed by atoms with E-state index in [1.165, 1.54) is 20.3 Å². The Balaban J connectivity index is 2.70. The third kappa shape index (κ3) is 2.72. The van der Waals surface area contributed by atoms with Crippen molar-refractivity contribution in [1.82, 2.24) is 9.97 Å². The average molecular weight is 323 g/mol. The molecule has 1 aromatic heterocycles. The molecule has 0 saturated carbocycles. The molecule has 1 unspecified atom stereocenters. The smallest absolute Gasteiger partial charge is 0.360 e. The Hall–Kier alpha value is -2.27. The fraction of sp³-hybridized carbons (Fsp3) is 0.214. The van der Waals surface area contributed by atoms with Crippen LogP contribution in [0.2, 0.25) is 0 Å². The largest absolute Gasteiger partial charge is 0.491 e. The number of carbonyl (C=O) groups excluding carboxylic acids is 1. The van der Waals surface area contributed by atoms with Gasteiger partial charge in [0.15, 0.2) is 23.1 Å². The topological polar surface area (TPSA) is 87.3 Å². The van der Waals surface area contributed by atoms with Gasteiger partial charge in [0.05, 0.1) is 19.8 Å². The minimum absolute atomic E-state index is 0.00535. The molecule has 0 radical (unpaired) electrons. The number of aromatic nitrogens is 2. The summed E-state index contributed by atoms with van der Waals surface area (Å²) in [5, 5.41) is 0.398. The maximum atomic E-state index is 14.4. The number of methoxy groups -OCH3 is 2. The minimum atomic E-state index is -0.745. The Labute approximate surface area is 129 Å². The molecular formula is C14H15FN3O3P. The van der Waals surface area contributed by atoms with Crippen LogP contribution in [-0.2, 0) is 4.74 Å². The molecule has 22 heavy (non-hydrogen) atoms. The van der Waals surface area contributed by atoms with Crippen molar-refractivity contribution in [2.75, 3.05) is 20.0 Å². The molecule has 1 heterocycles. The van der Waals surface area contributed by atoms with Gasteiger partial charge in [-0.1, -0.05) is 6.07 Å². The van der Waals surface area contributed by atoms with Crippen molar-refractivity contribution in [3.63, 3.8) is 0 Å². The summed E-state index contributed by atoms with van der Waals surface area (Å²) in [6.45, 7) is 1.78. The molecule has 1 atom stereocenters. The van der Waals surface area contributed by atoms with Gasteiger partial charge < -0.3 is 15.2 Å². The fourth-order valence-electron chi connectivity index (χ4n) is 1.89. The Morgan fingerprint density at radius 2 is 2.00 bits per heavy atom. The van der Waals surface area contributed by atoms with E-state index >= 15 is 0 Å². The van der Waals surface area contributed by atoms with Crippen LogP contribution >= 0.6 is 9.24 Å². The highest BCUT2D eigenvalue weighted by molar-refractivity contribution is 7.27. The van der Waals surface area contributed by atoms with Gasteiger partial charge in [0, 0.05) is 5.30 Å². The number of esters is 1. The van der Waals surface area contributed by atoms with E-state index in [0.717, 1.165) is 5.56 Å². The standard InChI is InChI=1S/C14H15FN3O3P/c1-6-4-5-7(8(15)11(6)22)13-17-9(14(19)21-3)10(20-2)12(16)18-13/h4-5H,22H2,1-3H3,(H2,16,17,18). The van der Waals surface area contributed by atoms with Gasteiger partial charge in [0.2, 0.25) is 0 Å². The number of nitrogens with two attached hydrogens (primary N) is 1. The fourth-order valence-corrected chi connectivity index (χ4v) is 2.14. The molecule has 2 rings (SSSR count). The van der Waals surface area contributed by atoms with Gasteiger partial charge in [-0.25, -0.2) is 19.2 Å². The summed E-state index contributed by atoms with van der Waals surface area (Å²) >= 11 is 0. The average Bonchev–Trinajstić information content (AvgIpc) is 2.51. The molecule has 8 heteroatoms. The molecule has 0 saturated heterocycles. The van der Waals surface area contributed by atoms with Crippen molar-refractivity contribution < 1.29 is 18.7 Å². The maximum absolute atomic E-state index is 14.4. The summed E-state index contributed by atoms with van der Waals surface area (Å²) in [5.74, 6) is -1.33. The van der Waals surface area contributed by atoms with Crippen LogP contribution in [-0.4, -0.2) is 30.2 Å². The summed E-state index contributed by atoms with van der Waals surface area (Å²) in [5.41, 5.74) is 6.51. The molecule has 0 aliphatic rings. The quantitative estimate of drug-likeness (QED) is 0.680. The number of nitrogens with zero attached hydrogens (tertiary/aromatic N) is 2. The van der Waals surface area contributed by atoms with Crippen molar-refractivity contribution in [3.05, 3.63) is 29.2 Å². The van der Waals surface area contributed by atoms with Crippen LogP contribution in [0.25, 0.3) is 11.4 Å². The van der Waals surface area contributed by atoms with Gasteiger partial charge in [0.1, 0.15) is 5.82 Å². The van der Waals surface area contributed by atoms with Gasteiger partial charge in [-0.2, -0.15) is 0 Å². The highest BCUT2D eigenvalue weighted by Gasteiger charge is 2.22. The number of benzene rings is 1. The van der Waals surface area contributed by atoms with Gasteiger partial charge in [0.25, 0.3) is 0 Å². The van der Waals surface area contributed by atoms with E-state index in [2.05, 4.69) is 23.9 Å². The molecule has 116 valence electrons. The second-order valence-corrected chi connectivity index (χ2v) is 5.04. The molecule has 1 aromatic carbocycles. The normalized spacial score (nSPS) is 10.4. The van der Waals surface area contributed by atoms with E-state index in [0.29, 0.717) is 5.30 Å². The summed E-state index contributed by atoms with van der Waals surface area (Å²) in [6.07, 6.45) is 0. The van der Waals surface area contributed by atoms with E-state index in [1.54, 1.807) is 13.0 Å². The Kier molecular flexibility index (Phi) is 4.56. The summed E-state index contributed by atoms with van der Waals surface area (Å²) < 4.78 is 24.0. The van der Waals surface area contributed by atoms with Gasteiger partial charge in [-0.15, -0.1) is 9.24 Å². The van der Waals surface area contributed by atoms with Crippen molar-refractivity contribution >= 4 is 26.3 Å². The molecule has 0 amide bonds. The highest BCUT2D eigenvalue weighted by Crippen LogP contribution is 2.28. The molecule has 0 aliphatic carbocycles. The molecule has 0 spiro atoms. The van der Waals surface area contributed by atoms with Crippen LogP contribution in [0.5, 0.6) is 5.75 Å². The Bertz CT molecular complexity index is 753. The number of rotatable bonds is 3. The number of halogens is 1.